The maximum Gasteiger partial charge on any atom is 0.398 e. The summed E-state index contributed by atoms with van der Waals surface area (Å²) in [5.41, 5.74) is -0.538. The number of hydrogen-bond acceptors (Lipinski definition) is 1. The topological polar surface area (TPSA) is 23.8 Å². The van der Waals surface area contributed by atoms with E-state index in [4.69, 9.17) is 5.26 Å². The summed E-state index contributed by atoms with van der Waals surface area (Å²) in [5, 5.41) is 8.46. The molecule has 1 aromatic rings. The lowest BCUT2D eigenvalue weighted by atomic mass is 9.94. The van der Waals surface area contributed by atoms with Gasteiger partial charge in [-0.2, -0.15) is 18.4 Å². The molecule has 0 aliphatic heterocycles. The normalized spacial score (nSPS) is 17.9. The maximum absolute atomic E-state index is 12.8. The molecule has 16 heavy (non-hydrogen) atoms. The fourth-order valence-corrected chi connectivity index (χ4v) is 1.89. The minimum absolute atomic E-state index is 0.175. The first-order chi connectivity index (χ1) is 7.49. The highest BCUT2D eigenvalue weighted by Crippen LogP contribution is 2.58. The standard InChI is InChI=1S/C12H10F3N/c13-12(14,15)11(6-7-11)10-3-1-9(2-4-10)5-8-16/h1-4H,5-7H2. The number of nitrogens with zero attached hydrogens (tertiary/aromatic N) is 1. The Hall–Kier alpha value is -1.50. The van der Waals surface area contributed by atoms with Gasteiger partial charge in [-0.3, -0.25) is 0 Å². The van der Waals surface area contributed by atoms with E-state index in [0.717, 1.165) is 5.56 Å². The number of rotatable bonds is 2. The second kappa shape index (κ2) is 3.51. The van der Waals surface area contributed by atoms with Gasteiger partial charge in [-0.25, -0.2) is 0 Å². The summed E-state index contributed by atoms with van der Waals surface area (Å²) in [6, 6.07) is 8.16. The minimum atomic E-state index is -4.16. The van der Waals surface area contributed by atoms with Crippen LogP contribution in [0.1, 0.15) is 24.0 Å². The maximum atomic E-state index is 12.8. The van der Waals surface area contributed by atoms with Crippen molar-refractivity contribution < 1.29 is 13.2 Å². The van der Waals surface area contributed by atoms with Crippen molar-refractivity contribution in [3.8, 4) is 6.07 Å². The van der Waals surface area contributed by atoms with Crippen molar-refractivity contribution in [3.05, 3.63) is 35.4 Å². The van der Waals surface area contributed by atoms with Crippen molar-refractivity contribution in [1.82, 2.24) is 0 Å². The quantitative estimate of drug-likeness (QED) is 0.757. The first kappa shape index (κ1) is 11.0. The van der Waals surface area contributed by atoms with Gasteiger partial charge < -0.3 is 0 Å². The number of alkyl halides is 3. The van der Waals surface area contributed by atoms with E-state index in [2.05, 4.69) is 0 Å². The monoisotopic (exact) mass is 225 g/mol. The van der Waals surface area contributed by atoms with Crippen LogP contribution in [0.25, 0.3) is 0 Å². The Morgan fingerprint density at radius 3 is 2.12 bits per heavy atom. The van der Waals surface area contributed by atoms with Gasteiger partial charge in [0.05, 0.1) is 17.9 Å². The van der Waals surface area contributed by atoms with Gasteiger partial charge in [0, 0.05) is 0 Å². The van der Waals surface area contributed by atoms with Crippen LogP contribution in [-0.2, 0) is 11.8 Å². The molecule has 0 heterocycles. The largest absolute Gasteiger partial charge is 0.398 e. The van der Waals surface area contributed by atoms with Crippen molar-refractivity contribution in [2.24, 2.45) is 0 Å². The van der Waals surface area contributed by atoms with Gasteiger partial charge in [0.25, 0.3) is 0 Å². The Balaban J connectivity index is 2.27. The van der Waals surface area contributed by atoms with Crippen LogP contribution in [-0.4, -0.2) is 6.18 Å². The van der Waals surface area contributed by atoms with Crippen molar-refractivity contribution in [2.75, 3.05) is 0 Å². The summed E-state index contributed by atoms with van der Waals surface area (Å²) in [5.74, 6) is 0. The van der Waals surface area contributed by atoms with Crippen molar-refractivity contribution in [1.29, 1.82) is 5.26 Å². The average molecular weight is 225 g/mol. The molecule has 0 radical (unpaired) electrons. The smallest absolute Gasteiger partial charge is 0.198 e. The van der Waals surface area contributed by atoms with Crippen molar-refractivity contribution in [2.45, 2.75) is 30.9 Å². The molecule has 1 nitrogen and oxygen atoms in total. The molecule has 0 N–H and O–H groups in total. The highest BCUT2D eigenvalue weighted by Gasteiger charge is 2.64. The van der Waals surface area contributed by atoms with Crippen LogP contribution < -0.4 is 0 Å². The summed E-state index contributed by atoms with van der Waals surface area (Å²) >= 11 is 0. The zero-order valence-electron chi connectivity index (χ0n) is 8.51. The zero-order chi connectivity index (χ0) is 11.8. The van der Waals surface area contributed by atoms with Gasteiger partial charge >= 0.3 is 6.18 Å². The number of halogens is 3. The SMILES string of the molecule is N#CCc1ccc(C2(C(F)(F)F)CC2)cc1. The first-order valence-electron chi connectivity index (χ1n) is 5.03. The summed E-state index contributed by atoms with van der Waals surface area (Å²) in [4.78, 5) is 0. The lowest BCUT2D eigenvalue weighted by Crippen LogP contribution is -2.28. The molecule has 0 spiro atoms. The first-order valence-corrected chi connectivity index (χ1v) is 5.03. The molecule has 4 heteroatoms. The summed E-state index contributed by atoms with van der Waals surface area (Å²) in [6.07, 6.45) is -3.58. The van der Waals surface area contributed by atoms with E-state index < -0.39 is 11.6 Å². The van der Waals surface area contributed by atoms with Crippen LogP contribution in [0, 0.1) is 11.3 Å². The minimum Gasteiger partial charge on any atom is -0.198 e. The molecular formula is C12H10F3N. The molecule has 0 atom stereocenters. The highest BCUT2D eigenvalue weighted by molar-refractivity contribution is 5.36. The predicted molar refractivity (Wildman–Crippen MR) is 52.7 cm³/mol. The molecule has 1 aliphatic rings. The van der Waals surface area contributed by atoms with Gasteiger partial charge in [-0.15, -0.1) is 0 Å². The van der Waals surface area contributed by atoms with Crippen LogP contribution in [0.3, 0.4) is 0 Å². The van der Waals surface area contributed by atoms with E-state index in [9.17, 15) is 13.2 Å². The van der Waals surface area contributed by atoms with E-state index in [-0.39, 0.29) is 19.3 Å². The summed E-state index contributed by atoms with van der Waals surface area (Å²) in [6.45, 7) is 0. The Morgan fingerprint density at radius 1 is 1.19 bits per heavy atom. The summed E-state index contributed by atoms with van der Waals surface area (Å²) in [7, 11) is 0. The molecular weight excluding hydrogens is 215 g/mol. The fourth-order valence-electron chi connectivity index (χ4n) is 1.89. The summed E-state index contributed by atoms with van der Waals surface area (Å²) < 4.78 is 38.3. The molecule has 0 unspecified atom stereocenters. The average Bonchev–Trinajstić information content (AvgIpc) is 2.99. The fraction of sp³-hybridized carbons (Fsp3) is 0.417. The third kappa shape index (κ3) is 1.67. The molecule has 0 aromatic heterocycles. The van der Waals surface area contributed by atoms with Crippen LogP contribution in [0.4, 0.5) is 13.2 Å². The van der Waals surface area contributed by atoms with E-state index >= 15 is 0 Å². The van der Waals surface area contributed by atoms with Crippen LogP contribution >= 0.6 is 0 Å². The highest BCUT2D eigenvalue weighted by atomic mass is 19.4. The Morgan fingerprint density at radius 2 is 1.75 bits per heavy atom. The van der Waals surface area contributed by atoms with Crippen molar-refractivity contribution >= 4 is 0 Å². The van der Waals surface area contributed by atoms with Crippen LogP contribution in [0.5, 0.6) is 0 Å². The third-order valence-electron chi connectivity index (χ3n) is 3.08. The van der Waals surface area contributed by atoms with Gasteiger partial charge in [-0.05, 0) is 24.0 Å². The van der Waals surface area contributed by atoms with E-state index in [1.807, 2.05) is 6.07 Å². The lowest BCUT2D eigenvalue weighted by molar-refractivity contribution is -0.160. The predicted octanol–water partition coefficient (Wildman–Crippen LogP) is 3.35. The Bertz CT molecular complexity index is 421. The van der Waals surface area contributed by atoms with Gasteiger partial charge in [0.15, 0.2) is 0 Å². The van der Waals surface area contributed by atoms with E-state index in [0.29, 0.717) is 5.56 Å². The molecule has 84 valence electrons. The van der Waals surface area contributed by atoms with Gasteiger partial charge in [-0.1, -0.05) is 24.3 Å². The number of benzene rings is 1. The Labute approximate surface area is 91.5 Å². The molecule has 0 saturated heterocycles. The Kier molecular flexibility index (Phi) is 2.42. The second-order valence-corrected chi connectivity index (χ2v) is 4.11. The lowest BCUT2D eigenvalue weighted by Gasteiger charge is -2.19. The van der Waals surface area contributed by atoms with Crippen molar-refractivity contribution in [3.63, 3.8) is 0 Å². The van der Waals surface area contributed by atoms with Gasteiger partial charge in [0.1, 0.15) is 0 Å². The third-order valence-corrected chi connectivity index (χ3v) is 3.08. The van der Waals surface area contributed by atoms with E-state index in [1.165, 1.54) is 12.1 Å². The van der Waals surface area contributed by atoms with Gasteiger partial charge in [0.2, 0.25) is 0 Å². The number of nitriles is 1. The van der Waals surface area contributed by atoms with Crippen LogP contribution in [0.15, 0.2) is 24.3 Å². The molecule has 1 fully saturated rings. The zero-order valence-corrected chi connectivity index (χ0v) is 8.51. The molecule has 1 saturated carbocycles. The second-order valence-electron chi connectivity index (χ2n) is 4.11. The molecule has 1 aliphatic carbocycles. The molecule has 1 aromatic carbocycles. The molecule has 0 bridgehead atoms. The van der Waals surface area contributed by atoms with E-state index in [1.54, 1.807) is 12.1 Å². The number of hydrogen-bond donors (Lipinski definition) is 0. The molecule has 0 amide bonds. The molecule has 2 rings (SSSR count). The van der Waals surface area contributed by atoms with Crippen LogP contribution in [0.2, 0.25) is 0 Å².